The Morgan fingerprint density at radius 1 is 1.06 bits per heavy atom. The molecule has 0 amide bonds. The summed E-state index contributed by atoms with van der Waals surface area (Å²) in [6.45, 7) is 7.52. The summed E-state index contributed by atoms with van der Waals surface area (Å²) in [5, 5.41) is 0. The van der Waals surface area contributed by atoms with Gasteiger partial charge in [-0.15, -0.1) is 0 Å². The number of aromatic nitrogens is 1. The molecule has 2 rings (SSSR count). The van der Waals surface area contributed by atoms with E-state index in [2.05, 4.69) is 18.1 Å². The van der Waals surface area contributed by atoms with E-state index in [4.69, 9.17) is 5.73 Å². The molecule has 0 saturated carbocycles. The number of hydrogen-bond donors (Lipinski definition) is 1. The molecule has 0 bridgehead atoms. The molecular weight excluding hydrogens is 208 g/mol. The first kappa shape index (κ1) is 11.1. The molecule has 1 aromatic carbocycles. The van der Waals surface area contributed by atoms with E-state index >= 15 is 0 Å². The van der Waals surface area contributed by atoms with Crippen molar-refractivity contribution >= 4 is 17.8 Å². The van der Waals surface area contributed by atoms with Crippen molar-refractivity contribution in [3.05, 3.63) is 60.8 Å². The van der Waals surface area contributed by atoms with Gasteiger partial charge in [0.2, 0.25) is 0 Å². The van der Waals surface area contributed by atoms with Gasteiger partial charge in [-0.3, -0.25) is 4.98 Å². The van der Waals surface area contributed by atoms with Crippen LogP contribution in [0.2, 0.25) is 0 Å². The number of anilines is 1. The van der Waals surface area contributed by atoms with Crippen LogP contribution in [0.3, 0.4) is 0 Å². The first-order valence-electron chi connectivity index (χ1n) is 5.36. The van der Waals surface area contributed by atoms with Crippen LogP contribution in [0.25, 0.3) is 23.4 Å². The molecule has 0 saturated heterocycles. The lowest BCUT2D eigenvalue weighted by Gasteiger charge is -2.10. The second-order valence-corrected chi connectivity index (χ2v) is 3.66. The van der Waals surface area contributed by atoms with E-state index in [0.717, 1.165) is 22.4 Å². The molecule has 17 heavy (non-hydrogen) atoms. The summed E-state index contributed by atoms with van der Waals surface area (Å²) in [4.78, 5) is 4.38. The molecule has 2 aromatic rings. The van der Waals surface area contributed by atoms with Crippen molar-refractivity contribution in [3.8, 4) is 11.3 Å². The Morgan fingerprint density at radius 3 is 2.35 bits per heavy atom. The summed E-state index contributed by atoms with van der Waals surface area (Å²) in [5.41, 5.74) is 10.3. The largest absolute Gasteiger partial charge is 0.396 e. The smallest absolute Gasteiger partial charge is 0.0937 e. The van der Waals surface area contributed by atoms with Crippen LogP contribution in [0.5, 0.6) is 0 Å². The summed E-state index contributed by atoms with van der Waals surface area (Å²) in [6, 6.07) is 9.86. The van der Waals surface area contributed by atoms with Crippen molar-refractivity contribution in [2.75, 3.05) is 5.73 Å². The van der Waals surface area contributed by atoms with Crippen LogP contribution in [0, 0.1) is 0 Å². The molecule has 84 valence electrons. The highest BCUT2D eigenvalue weighted by Crippen LogP contribution is 2.29. The molecule has 2 nitrogen and oxygen atoms in total. The number of nitrogens with two attached hydrogens (primary N) is 1. The zero-order valence-electron chi connectivity index (χ0n) is 9.56. The maximum Gasteiger partial charge on any atom is 0.0937 e. The third-order valence-electron chi connectivity index (χ3n) is 2.66. The average Bonchev–Trinajstić information content (AvgIpc) is 2.39. The van der Waals surface area contributed by atoms with E-state index in [0.29, 0.717) is 5.69 Å². The average molecular weight is 222 g/mol. The molecule has 2 heteroatoms. The van der Waals surface area contributed by atoms with Crippen LogP contribution in [0.15, 0.2) is 49.7 Å². The minimum Gasteiger partial charge on any atom is -0.396 e. The Balaban J connectivity index is 2.65. The first-order chi connectivity index (χ1) is 8.27. The van der Waals surface area contributed by atoms with Gasteiger partial charge in [-0.25, -0.2) is 0 Å². The van der Waals surface area contributed by atoms with E-state index in [1.54, 1.807) is 18.3 Å². The van der Waals surface area contributed by atoms with Crippen LogP contribution in [0.1, 0.15) is 11.1 Å². The topological polar surface area (TPSA) is 38.9 Å². The normalized spacial score (nSPS) is 9.88. The summed E-state index contributed by atoms with van der Waals surface area (Å²) in [7, 11) is 0. The highest BCUT2D eigenvalue weighted by atomic mass is 14.7. The fourth-order valence-corrected chi connectivity index (χ4v) is 1.77. The van der Waals surface area contributed by atoms with Gasteiger partial charge >= 0.3 is 0 Å². The molecule has 0 unspecified atom stereocenters. The quantitative estimate of drug-likeness (QED) is 0.861. The molecule has 1 heterocycles. The van der Waals surface area contributed by atoms with Crippen LogP contribution in [-0.2, 0) is 0 Å². The van der Waals surface area contributed by atoms with Crippen molar-refractivity contribution in [2.45, 2.75) is 0 Å². The van der Waals surface area contributed by atoms with Gasteiger partial charge in [0.25, 0.3) is 0 Å². The highest BCUT2D eigenvalue weighted by molar-refractivity contribution is 5.83. The number of nitrogen functional groups attached to an aromatic ring is 1. The van der Waals surface area contributed by atoms with Gasteiger partial charge in [0.1, 0.15) is 0 Å². The molecule has 0 atom stereocenters. The third kappa shape index (κ3) is 1.97. The van der Waals surface area contributed by atoms with Gasteiger partial charge < -0.3 is 5.73 Å². The molecule has 0 aliphatic heterocycles. The number of pyridine rings is 1. The molecule has 0 radical (unpaired) electrons. The van der Waals surface area contributed by atoms with Gasteiger partial charge in [-0.05, 0) is 0 Å². The molecular formula is C15H14N2. The van der Waals surface area contributed by atoms with Crippen LogP contribution < -0.4 is 5.73 Å². The Kier molecular flexibility index (Phi) is 3.06. The SMILES string of the molecule is C=Cc1cnc(-c2ccccc2)c(N)c1C=C. The lowest BCUT2D eigenvalue weighted by Crippen LogP contribution is -1.98. The summed E-state index contributed by atoms with van der Waals surface area (Å²) >= 11 is 0. The fourth-order valence-electron chi connectivity index (χ4n) is 1.77. The number of rotatable bonds is 3. The lowest BCUT2D eigenvalue weighted by atomic mass is 10.0. The van der Waals surface area contributed by atoms with Crippen LogP contribution in [-0.4, -0.2) is 4.98 Å². The van der Waals surface area contributed by atoms with Gasteiger partial charge in [-0.2, -0.15) is 0 Å². The summed E-state index contributed by atoms with van der Waals surface area (Å²) < 4.78 is 0. The van der Waals surface area contributed by atoms with Crippen LogP contribution in [0.4, 0.5) is 5.69 Å². The van der Waals surface area contributed by atoms with Gasteiger partial charge in [0.15, 0.2) is 0 Å². The molecule has 0 aliphatic carbocycles. The summed E-state index contributed by atoms with van der Waals surface area (Å²) in [6.07, 6.45) is 5.23. The zero-order valence-corrected chi connectivity index (χ0v) is 9.56. The lowest BCUT2D eigenvalue weighted by molar-refractivity contribution is 1.31. The predicted molar refractivity (Wildman–Crippen MR) is 74.3 cm³/mol. The maximum atomic E-state index is 6.12. The van der Waals surface area contributed by atoms with E-state index in [-0.39, 0.29) is 0 Å². The predicted octanol–water partition coefficient (Wildman–Crippen LogP) is 3.62. The minimum atomic E-state index is 0.642. The van der Waals surface area contributed by atoms with Crippen LogP contribution >= 0.6 is 0 Å². The molecule has 0 aliphatic rings. The Labute approximate surface area is 101 Å². The van der Waals surface area contributed by atoms with Gasteiger partial charge in [0.05, 0.1) is 11.4 Å². The van der Waals surface area contributed by atoms with E-state index in [1.807, 2.05) is 30.3 Å². The monoisotopic (exact) mass is 222 g/mol. The van der Waals surface area contributed by atoms with Crippen molar-refractivity contribution in [3.63, 3.8) is 0 Å². The Morgan fingerprint density at radius 2 is 1.76 bits per heavy atom. The van der Waals surface area contributed by atoms with Gasteiger partial charge in [-0.1, -0.05) is 55.6 Å². The number of hydrogen-bond acceptors (Lipinski definition) is 2. The van der Waals surface area contributed by atoms with Crippen molar-refractivity contribution in [2.24, 2.45) is 0 Å². The zero-order chi connectivity index (χ0) is 12.3. The van der Waals surface area contributed by atoms with E-state index in [1.165, 1.54) is 0 Å². The number of benzene rings is 1. The Hall–Kier alpha value is -2.35. The van der Waals surface area contributed by atoms with Crippen molar-refractivity contribution in [1.29, 1.82) is 0 Å². The fraction of sp³-hybridized carbons (Fsp3) is 0. The second-order valence-electron chi connectivity index (χ2n) is 3.66. The third-order valence-corrected chi connectivity index (χ3v) is 2.66. The Bertz CT molecular complexity index is 557. The van der Waals surface area contributed by atoms with E-state index < -0.39 is 0 Å². The van der Waals surface area contributed by atoms with Crippen molar-refractivity contribution < 1.29 is 0 Å². The molecule has 0 fully saturated rings. The summed E-state index contributed by atoms with van der Waals surface area (Å²) in [5.74, 6) is 0. The van der Waals surface area contributed by atoms with Gasteiger partial charge in [0, 0.05) is 22.9 Å². The maximum absolute atomic E-state index is 6.12. The first-order valence-corrected chi connectivity index (χ1v) is 5.36. The molecule has 2 N–H and O–H groups in total. The molecule has 1 aromatic heterocycles. The minimum absolute atomic E-state index is 0.642. The highest BCUT2D eigenvalue weighted by Gasteiger charge is 2.09. The number of nitrogens with zero attached hydrogens (tertiary/aromatic N) is 1. The standard InChI is InChI=1S/C15H14N2/c1-3-11-10-17-15(14(16)13(11)4-2)12-8-6-5-7-9-12/h3-10H,1-2,16H2. The van der Waals surface area contributed by atoms with E-state index in [9.17, 15) is 0 Å². The molecule has 0 spiro atoms. The second kappa shape index (κ2) is 4.66. The van der Waals surface area contributed by atoms with Crippen molar-refractivity contribution in [1.82, 2.24) is 4.98 Å².